The van der Waals surface area contributed by atoms with Crippen LogP contribution in [0.4, 0.5) is 0 Å². The number of aliphatic carboxylic acids is 1. The van der Waals surface area contributed by atoms with Crippen molar-refractivity contribution < 1.29 is 19.4 Å². The van der Waals surface area contributed by atoms with Gasteiger partial charge in [-0.25, -0.2) is 4.79 Å². The molecule has 0 spiro atoms. The van der Waals surface area contributed by atoms with Gasteiger partial charge in [0.1, 0.15) is 12.0 Å². The van der Waals surface area contributed by atoms with Gasteiger partial charge in [-0.2, -0.15) is 0 Å². The van der Waals surface area contributed by atoms with Gasteiger partial charge in [0.15, 0.2) is 6.10 Å². The second-order valence-corrected chi connectivity index (χ2v) is 5.35. The second-order valence-electron chi connectivity index (χ2n) is 3.03. The number of aldehydes is 1. The molecule has 0 aromatic heterocycles. The SMILES string of the molecule is CC(Oc1c(I)cc(C=O)cc1I)C(=O)O. The molecule has 0 bridgehead atoms. The van der Waals surface area contributed by atoms with Crippen LogP contribution in [-0.2, 0) is 4.79 Å². The molecule has 1 unspecified atom stereocenters. The van der Waals surface area contributed by atoms with Crippen molar-refractivity contribution in [3.63, 3.8) is 0 Å². The maximum absolute atomic E-state index is 10.7. The van der Waals surface area contributed by atoms with Gasteiger partial charge in [0.25, 0.3) is 0 Å². The maximum Gasteiger partial charge on any atom is 0.344 e. The number of rotatable bonds is 4. The van der Waals surface area contributed by atoms with E-state index in [0.717, 1.165) is 13.4 Å². The summed E-state index contributed by atoms with van der Waals surface area (Å²) in [6.07, 6.45) is -0.168. The minimum atomic E-state index is -1.02. The third-order valence-corrected chi connectivity index (χ3v) is 3.40. The van der Waals surface area contributed by atoms with E-state index in [9.17, 15) is 9.59 Å². The number of carbonyl (C=O) groups is 2. The lowest BCUT2D eigenvalue weighted by atomic mass is 10.2. The van der Waals surface area contributed by atoms with Crippen molar-refractivity contribution in [1.29, 1.82) is 0 Å². The Morgan fingerprint density at radius 3 is 2.31 bits per heavy atom. The molecule has 0 fully saturated rings. The van der Waals surface area contributed by atoms with E-state index >= 15 is 0 Å². The van der Waals surface area contributed by atoms with Crippen LogP contribution in [-0.4, -0.2) is 23.5 Å². The van der Waals surface area contributed by atoms with Gasteiger partial charge in [-0.1, -0.05) is 0 Å². The molecule has 86 valence electrons. The number of carboxylic acids is 1. The zero-order chi connectivity index (χ0) is 12.3. The Kier molecular flexibility index (Phi) is 4.96. The summed E-state index contributed by atoms with van der Waals surface area (Å²) in [5.74, 6) is -0.521. The van der Waals surface area contributed by atoms with E-state index in [1.54, 1.807) is 12.1 Å². The second kappa shape index (κ2) is 5.80. The summed E-state index contributed by atoms with van der Waals surface area (Å²) in [5, 5.41) is 8.74. The van der Waals surface area contributed by atoms with Gasteiger partial charge in [-0.3, -0.25) is 4.79 Å². The fourth-order valence-electron chi connectivity index (χ4n) is 0.987. The van der Waals surface area contributed by atoms with Crippen LogP contribution in [0.15, 0.2) is 12.1 Å². The lowest BCUT2D eigenvalue weighted by molar-refractivity contribution is -0.144. The van der Waals surface area contributed by atoms with Gasteiger partial charge >= 0.3 is 5.97 Å². The van der Waals surface area contributed by atoms with Gasteiger partial charge in [0.05, 0.1) is 7.14 Å². The first kappa shape index (κ1) is 13.7. The van der Waals surface area contributed by atoms with Crippen molar-refractivity contribution in [2.45, 2.75) is 13.0 Å². The number of benzene rings is 1. The molecule has 1 aromatic carbocycles. The monoisotopic (exact) mass is 446 g/mol. The first-order chi connectivity index (χ1) is 7.45. The highest BCUT2D eigenvalue weighted by atomic mass is 127. The molecule has 0 amide bonds. The van der Waals surface area contributed by atoms with Gasteiger partial charge in [-0.15, -0.1) is 0 Å². The first-order valence-electron chi connectivity index (χ1n) is 4.29. The highest BCUT2D eigenvalue weighted by Gasteiger charge is 2.17. The number of halogens is 2. The summed E-state index contributed by atoms with van der Waals surface area (Å²) in [5.41, 5.74) is 0.545. The number of hydrogen-bond acceptors (Lipinski definition) is 3. The van der Waals surface area contributed by atoms with E-state index in [1.807, 2.05) is 45.2 Å². The van der Waals surface area contributed by atoms with E-state index in [2.05, 4.69) is 0 Å². The quantitative estimate of drug-likeness (QED) is 0.571. The highest BCUT2D eigenvalue weighted by Crippen LogP contribution is 2.29. The fraction of sp³-hybridized carbons (Fsp3) is 0.200. The third kappa shape index (κ3) is 3.30. The molecule has 4 nitrogen and oxygen atoms in total. The Morgan fingerprint density at radius 2 is 1.94 bits per heavy atom. The van der Waals surface area contributed by atoms with Crippen molar-refractivity contribution in [1.82, 2.24) is 0 Å². The summed E-state index contributed by atoms with van der Waals surface area (Å²) >= 11 is 4.02. The number of hydrogen-bond donors (Lipinski definition) is 1. The predicted molar refractivity (Wildman–Crippen MR) is 75.0 cm³/mol. The van der Waals surface area contributed by atoms with Crippen LogP contribution in [0.25, 0.3) is 0 Å². The molecule has 1 rings (SSSR count). The van der Waals surface area contributed by atoms with Crippen molar-refractivity contribution >= 4 is 57.4 Å². The Bertz CT molecular complexity index is 408. The minimum absolute atomic E-state index is 0.502. The van der Waals surface area contributed by atoms with Crippen molar-refractivity contribution in [3.05, 3.63) is 24.8 Å². The molecule has 0 aliphatic carbocycles. The molecule has 0 heterocycles. The summed E-state index contributed by atoms with van der Waals surface area (Å²) < 4.78 is 6.75. The van der Waals surface area contributed by atoms with Gasteiger partial charge in [0.2, 0.25) is 0 Å². The molecule has 1 aromatic rings. The Labute approximate surface area is 120 Å². The van der Waals surface area contributed by atoms with Crippen molar-refractivity contribution in [3.8, 4) is 5.75 Å². The molecule has 0 saturated heterocycles. The average Bonchev–Trinajstić information content (AvgIpc) is 2.22. The number of carbonyl (C=O) groups excluding carboxylic acids is 1. The van der Waals surface area contributed by atoms with Crippen molar-refractivity contribution in [2.24, 2.45) is 0 Å². The standard InChI is InChI=1S/C10H8I2O4/c1-5(10(14)15)16-9-7(11)2-6(4-13)3-8(9)12/h2-5H,1H3,(H,14,15). The van der Waals surface area contributed by atoms with E-state index < -0.39 is 12.1 Å². The lowest BCUT2D eigenvalue weighted by Gasteiger charge is -2.14. The van der Waals surface area contributed by atoms with E-state index in [1.165, 1.54) is 6.92 Å². The van der Waals surface area contributed by atoms with Gasteiger partial charge in [0, 0.05) is 5.56 Å². The Morgan fingerprint density at radius 1 is 1.44 bits per heavy atom. The van der Waals surface area contributed by atoms with Crippen LogP contribution < -0.4 is 4.74 Å². The maximum atomic E-state index is 10.7. The van der Waals surface area contributed by atoms with Crippen molar-refractivity contribution in [2.75, 3.05) is 0 Å². The average molecular weight is 446 g/mol. The van der Waals surface area contributed by atoms with Crippen LogP contribution in [0.1, 0.15) is 17.3 Å². The summed E-state index contributed by atoms with van der Waals surface area (Å²) in [7, 11) is 0. The molecule has 6 heteroatoms. The van der Waals surface area contributed by atoms with Crippen LogP contribution in [0.2, 0.25) is 0 Å². The smallest absolute Gasteiger partial charge is 0.344 e. The van der Waals surface area contributed by atoms with Crippen LogP contribution >= 0.6 is 45.2 Å². The molecule has 1 atom stereocenters. The lowest BCUT2D eigenvalue weighted by Crippen LogP contribution is -2.23. The number of carboxylic acid groups (broad SMARTS) is 1. The summed E-state index contributed by atoms with van der Waals surface area (Å²) in [4.78, 5) is 21.3. The van der Waals surface area contributed by atoms with E-state index in [-0.39, 0.29) is 0 Å². The summed E-state index contributed by atoms with van der Waals surface area (Å²) in [6, 6.07) is 3.30. The zero-order valence-corrected chi connectivity index (χ0v) is 12.6. The van der Waals surface area contributed by atoms with Gasteiger partial charge in [-0.05, 0) is 64.2 Å². The Balaban J connectivity index is 3.05. The van der Waals surface area contributed by atoms with Crippen LogP contribution in [0.5, 0.6) is 5.75 Å². The largest absolute Gasteiger partial charge is 0.479 e. The van der Waals surface area contributed by atoms with Crippen LogP contribution in [0, 0.1) is 7.14 Å². The van der Waals surface area contributed by atoms with E-state index in [4.69, 9.17) is 9.84 Å². The normalized spacial score (nSPS) is 11.9. The molecule has 16 heavy (non-hydrogen) atoms. The molecule has 0 radical (unpaired) electrons. The predicted octanol–water partition coefficient (Wildman–Crippen LogP) is 2.56. The molecule has 0 aliphatic heterocycles. The van der Waals surface area contributed by atoms with E-state index in [0.29, 0.717) is 11.3 Å². The molecule has 0 aliphatic rings. The summed E-state index contributed by atoms with van der Waals surface area (Å²) in [6.45, 7) is 1.46. The zero-order valence-electron chi connectivity index (χ0n) is 8.24. The molecule has 1 N–H and O–H groups in total. The van der Waals surface area contributed by atoms with Gasteiger partial charge < -0.3 is 9.84 Å². The first-order valence-corrected chi connectivity index (χ1v) is 6.45. The fourth-order valence-corrected chi connectivity index (χ4v) is 3.06. The minimum Gasteiger partial charge on any atom is -0.479 e. The Hall–Kier alpha value is -0.380. The highest BCUT2D eigenvalue weighted by molar-refractivity contribution is 14.1. The topological polar surface area (TPSA) is 63.6 Å². The molecule has 0 saturated carbocycles. The molecular formula is C10H8I2O4. The third-order valence-electron chi connectivity index (χ3n) is 1.80. The number of ether oxygens (including phenoxy) is 1. The molecular weight excluding hydrogens is 438 g/mol. The van der Waals surface area contributed by atoms with Crippen LogP contribution in [0.3, 0.4) is 0 Å².